The fraction of sp³-hybridized carbons (Fsp3) is 0.0455. The molecule has 1 heterocycles. The Bertz CT molecular complexity index is 1170. The fourth-order valence-corrected chi connectivity index (χ4v) is 2.97. The van der Waals surface area contributed by atoms with Crippen molar-refractivity contribution in [1.82, 2.24) is 10.2 Å². The molecule has 0 N–H and O–H groups in total. The molecule has 5 nitrogen and oxygen atoms in total. The summed E-state index contributed by atoms with van der Waals surface area (Å²) in [5.74, 6) is 0.205. The molecule has 1 aromatic heterocycles. The molecule has 0 bridgehead atoms. The third kappa shape index (κ3) is 3.66. The first-order valence-electron chi connectivity index (χ1n) is 8.58. The van der Waals surface area contributed by atoms with Crippen LogP contribution in [-0.4, -0.2) is 16.2 Å². The monoisotopic (exact) mass is 390 g/mol. The van der Waals surface area contributed by atoms with Crippen molar-refractivity contribution in [2.45, 2.75) is 6.92 Å². The van der Waals surface area contributed by atoms with Crippen LogP contribution >= 0.6 is 11.6 Å². The Balaban J connectivity index is 1.69. The Morgan fingerprint density at radius 3 is 2.50 bits per heavy atom. The second kappa shape index (κ2) is 7.66. The van der Waals surface area contributed by atoms with Gasteiger partial charge < -0.3 is 9.47 Å². The Kier molecular flexibility index (Phi) is 4.91. The van der Waals surface area contributed by atoms with E-state index in [1.54, 1.807) is 12.1 Å². The summed E-state index contributed by atoms with van der Waals surface area (Å²) in [4.78, 5) is 12.6. The number of ether oxygens (including phenoxy) is 2. The number of carbonyl (C=O) groups is 1. The number of carbonyl (C=O) groups excluding carboxylic acids is 1. The van der Waals surface area contributed by atoms with Gasteiger partial charge in [0.15, 0.2) is 10.9 Å². The molecular formula is C22H15ClN2O3. The van der Waals surface area contributed by atoms with E-state index in [0.717, 1.165) is 16.3 Å². The molecule has 0 aliphatic rings. The van der Waals surface area contributed by atoms with E-state index in [0.29, 0.717) is 11.3 Å². The number of rotatable bonds is 4. The summed E-state index contributed by atoms with van der Waals surface area (Å²) in [5.41, 5.74) is 1.25. The van der Waals surface area contributed by atoms with E-state index in [1.807, 2.05) is 61.5 Å². The molecule has 0 aliphatic carbocycles. The summed E-state index contributed by atoms with van der Waals surface area (Å²) in [6, 6.07) is 22.0. The normalized spacial score (nSPS) is 10.6. The molecule has 28 heavy (non-hydrogen) atoms. The Morgan fingerprint density at radius 2 is 1.64 bits per heavy atom. The van der Waals surface area contributed by atoms with Crippen molar-refractivity contribution in [3.63, 3.8) is 0 Å². The summed E-state index contributed by atoms with van der Waals surface area (Å²) < 4.78 is 11.5. The van der Waals surface area contributed by atoms with Gasteiger partial charge in [0.25, 0.3) is 5.88 Å². The molecule has 0 saturated carbocycles. The summed E-state index contributed by atoms with van der Waals surface area (Å²) in [6.45, 7) is 1.84. The molecule has 4 aromatic rings. The van der Waals surface area contributed by atoms with Crippen LogP contribution in [0.2, 0.25) is 5.15 Å². The molecule has 0 unspecified atom stereocenters. The minimum Gasteiger partial charge on any atom is -0.434 e. The highest BCUT2D eigenvalue weighted by molar-refractivity contribution is 6.29. The predicted molar refractivity (Wildman–Crippen MR) is 107 cm³/mol. The van der Waals surface area contributed by atoms with Gasteiger partial charge in [0.1, 0.15) is 5.75 Å². The van der Waals surface area contributed by atoms with E-state index >= 15 is 0 Å². The molecule has 4 rings (SSSR count). The average molecular weight is 391 g/mol. The minimum absolute atomic E-state index is 0.0580. The molecule has 0 fully saturated rings. The molecule has 0 amide bonds. The zero-order valence-corrected chi connectivity index (χ0v) is 15.7. The van der Waals surface area contributed by atoms with Gasteiger partial charge in [-0.05, 0) is 30.0 Å². The largest absolute Gasteiger partial charge is 0.434 e. The first-order chi connectivity index (χ1) is 13.6. The van der Waals surface area contributed by atoms with Gasteiger partial charge in [-0.3, -0.25) is 0 Å². The van der Waals surface area contributed by atoms with Gasteiger partial charge in [0.05, 0.1) is 5.56 Å². The summed E-state index contributed by atoms with van der Waals surface area (Å²) in [6.07, 6.45) is 0. The number of hydrogen-bond acceptors (Lipinski definition) is 5. The maximum atomic E-state index is 12.6. The lowest BCUT2D eigenvalue weighted by Gasteiger charge is -2.12. The Hall–Kier alpha value is -3.44. The maximum Gasteiger partial charge on any atom is 0.343 e. The highest BCUT2D eigenvalue weighted by Crippen LogP contribution is 2.34. The molecule has 6 heteroatoms. The van der Waals surface area contributed by atoms with Crippen LogP contribution in [0.25, 0.3) is 10.8 Å². The van der Waals surface area contributed by atoms with Crippen molar-refractivity contribution in [1.29, 1.82) is 0 Å². The average Bonchev–Trinajstić information content (AvgIpc) is 2.70. The van der Waals surface area contributed by atoms with Crippen LogP contribution in [0.4, 0.5) is 0 Å². The van der Waals surface area contributed by atoms with Crippen molar-refractivity contribution in [3.8, 4) is 17.4 Å². The van der Waals surface area contributed by atoms with E-state index in [-0.39, 0.29) is 16.8 Å². The standard InChI is InChI=1S/C22H15ClN2O3/c1-14-7-2-4-10-16(14)22(26)28-19-13-20(23)24-25-21(19)27-18-12-6-9-15-8-3-5-11-17(15)18/h2-13H,1H3. The zero-order chi connectivity index (χ0) is 19.5. The third-order valence-electron chi connectivity index (χ3n) is 4.22. The van der Waals surface area contributed by atoms with Crippen LogP contribution in [0, 0.1) is 6.92 Å². The molecule has 3 aromatic carbocycles. The van der Waals surface area contributed by atoms with E-state index in [4.69, 9.17) is 21.1 Å². The number of benzene rings is 3. The van der Waals surface area contributed by atoms with Crippen molar-refractivity contribution in [2.75, 3.05) is 0 Å². The number of hydrogen-bond donors (Lipinski definition) is 0. The number of nitrogens with zero attached hydrogens (tertiary/aromatic N) is 2. The van der Waals surface area contributed by atoms with Crippen LogP contribution in [0.5, 0.6) is 17.4 Å². The summed E-state index contributed by atoms with van der Waals surface area (Å²) in [7, 11) is 0. The van der Waals surface area contributed by atoms with Gasteiger partial charge in [-0.15, -0.1) is 10.2 Å². The minimum atomic E-state index is -0.523. The summed E-state index contributed by atoms with van der Waals surface area (Å²) in [5, 5.41) is 9.79. The topological polar surface area (TPSA) is 61.3 Å². The quantitative estimate of drug-likeness (QED) is 0.424. The van der Waals surface area contributed by atoms with Gasteiger partial charge in [0, 0.05) is 11.5 Å². The van der Waals surface area contributed by atoms with E-state index < -0.39 is 5.97 Å². The molecule has 0 radical (unpaired) electrons. The van der Waals surface area contributed by atoms with Gasteiger partial charge in [-0.1, -0.05) is 66.2 Å². The van der Waals surface area contributed by atoms with Crippen LogP contribution in [0.1, 0.15) is 15.9 Å². The number of fused-ring (bicyclic) bond motifs is 1. The lowest BCUT2D eigenvalue weighted by Crippen LogP contribution is -2.11. The van der Waals surface area contributed by atoms with Crippen molar-refractivity contribution >= 4 is 28.3 Å². The molecule has 0 saturated heterocycles. The first-order valence-corrected chi connectivity index (χ1v) is 8.96. The van der Waals surface area contributed by atoms with Gasteiger partial charge in [-0.2, -0.15) is 0 Å². The van der Waals surface area contributed by atoms with Gasteiger partial charge in [-0.25, -0.2) is 4.79 Å². The number of esters is 1. The predicted octanol–water partition coefficient (Wildman–Crippen LogP) is 5.60. The van der Waals surface area contributed by atoms with Crippen LogP contribution in [0.15, 0.2) is 72.8 Å². The summed E-state index contributed by atoms with van der Waals surface area (Å²) >= 11 is 5.96. The molecular weight excluding hydrogens is 376 g/mol. The van der Waals surface area contributed by atoms with Crippen molar-refractivity contribution in [3.05, 3.63) is 89.1 Å². The molecule has 138 valence electrons. The second-order valence-electron chi connectivity index (χ2n) is 6.12. The maximum absolute atomic E-state index is 12.6. The smallest absolute Gasteiger partial charge is 0.343 e. The Morgan fingerprint density at radius 1 is 0.893 bits per heavy atom. The van der Waals surface area contributed by atoms with Crippen LogP contribution in [-0.2, 0) is 0 Å². The number of aromatic nitrogens is 2. The van der Waals surface area contributed by atoms with E-state index in [9.17, 15) is 4.79 Å². The lowest BCUT2D eigenvalue weighted by atomic mass is 10.1. The number of halogens is 1. The third-order valence-corrected chi connectivity index (χ3v) is 4.41. The first kappa shape index (κ1) is 17.9. The molecule has 0 spiro atoms. The van der Waals surface area contributed by atoms with Crippen molar-refractivity contribution < 1.29 is 14.3 Å². The van der Waals surface area contributed by atoms with E-state index in [1.165, 1.54) is 6.07 Å². The van der Waals surface area contributed by atoms with Crippen LogP contribution in [0.3, 0.4) is 0 Å². The zero-order valence-electron chi connectivity index (χ0n) is 14.9. The van der Waals surface area contributed by atoms with Gasteiger partial charge >= 0.3 is 5.97 Å². The van der Waals surface area contributed by atoms with Crippen molar-refractivity contribution in [2.24, 2.45) is 0 Å². The second-order valence-corrected chi connectivity index (χ2v) is 6.51. The molecule has 0 atom stereocenters. The van der Waals surface area contributed by atoms with E-state index in [2.05, 4.69) is 10.2 Å². The fourth-order valence-electron chi connectivity index (χ4n) is 2.83. The highest BCUT2D eigenvalue weighted by Gasteiger charge is 2.18. The SMILES string of the molecule is Cc1ccccc1C(=O)Oc1cc(Cl)nnc1Oc1cccc2ccccc12. The molecule has 0 aliphatic heterocycles. The Labute approximate surface area is 166 Å². The highest BCUT2D eigenvalue weighted by atomic mass is 35.5. The number of aryl methyl sites for hydroxylation is 1. The lowest BCUT2D eigenvalue weighted by molar-refractivity contribution is 0.0728. The van der Waals surface area contributed by atoms with Crippen LogP contribution < -0.4 is 9.47 Å². The van der Waals surface area contributed by atoms with Gasteiger partial charge in [0.2, 0.25) is 0 Å².